The molecule has 2 rings (SSSR count). The Morgan fingerprint density at radius 1 is 1.36 bits per heavy atom. The summed E-state index contributed by atoms with van der Waals surface area (Å²) in [6.07, 6.45) is 0.966. The number of nitrogens with zero attached hydrogens (tertiary/aromatic N) is 4. The Balaban J connectivity index is 2.78. The number of rotatable bonds is 1. The fourth-order valence-electron chi connectivity index (χ4n) is 1.40. The smallest absolute Gasteiger partial charge is 0.310 e. The van der Waals surface area contributed by atoms with Crippen molar-refractivity contribution in [3.63, 3.8) is 0 Å². The van der Waals surface area contributed by atoms with Crippen molar-refractivity contribution in [2.45, 2.75) is 26.8 Å². The van der Waals surface area contributed by atoms with Crippen molar-refractivity contribution < 1.29 is 4.39 Å². The summed E-state index contributed by atoms with van der Waals surface area (Å²) in [7, 11) is 0. The first-order valence-corrected chi connectivity index (χ1v) is 4.46. The van der Waals surface area contributed by atoms with Gasteiger partial charge >= 0.3 is 6.08 Å². The lowest BCUT2D eigenvalue weighted by Crippen LogP contribution is -2.02. The second-order valence-corrected chi connectivity index (χ2v) is 3.50. The lowest BCUT2D eigenvalue weighted by atomic mass is 10.3. The van der Waals surface area contributed by atoms with Crippen molar-refractivity contribution in [2.75, 3.05) is 0 Å². The molecule has 74 valence electrons. The van der Waals surface area contributed by atoms with Gasteiger partial charge in [0.1, 0.15) is 5.52 Å². The van der Waals surface area contributed by atoms with Crippen LogP contribution in [-0.4, -0.2) is 19.5 Å². The molecule has 0 aliphatic rings. The first kappa shape index (κ1) is 9.05. The van der Waals surface area contributed by atoms with Crippen LogP contribution in [0.1, 0.15) is 25.6 Å². The highest BCUT2D eigenvalue weighted by atomic mass is 19.1. The molecule has 0 amide bonds. The number of fused-ring (bicyclic) bond motifs is 1. The molecular formula is C9H11FN4. The van der Waals surface area contributed by atoms with Crippen LogP contribution in [0.5, 0.6) is 0 Å². The molecule has 2 heterocycles. The summed E-state index contributed by atoms with van der Waals surface area (Å²) in [6, 6.07) is 0.216. The van der Waals surface area contributed by atoms with E-state index in [-0.39, 0.29) is 6.04 Å². The van der Waals surface area contributed by atoms with E-state index in [9.17, 15) is 4.39 Å². The maximum atomic E-state index is 13.0. The van der Waals surface area contributed by atoms with Crippen LogP contribution >= 0.6 is 0 Å². The van der Waals surface area contributed by atoms with Gasteiger partial charge < -0.3 is 4.57 Å². The molecule has 14 heavy (non-hydrogen) atoms. The predicted octanol–water partition coefficient (Wildman–Crippen LogP) is 1.85. The van der Waals surface area contributed by atoms with Crippen molar-refractivity contribution in [1.82, 2.24) is 19.5 Å². The Morgan fingerprint density at radius 2 is 2.07 bits per heavy atom. The highest BCUT2D eigenvalue weighted by molar-refractivity contribution is 5.72. The predicted molar refractivity (Wildman–Crippen MR) is 50.4 cm³/mol. The van der Waals surface area contributed by atoms with Crippen molar-refractivity contribution in [3.8, 4) is 0 Å². The third-order valence-electron chi connectivity index (χ3n) is 2.12. The number of imidazole rings is 1. The molecule has 0 fully saturated rings. The summed E-state index contributed by atoms with van der Waals surface area (Å²) in [6.45, 7) is 5.72. The van der Waals surface area contributed by atoms with Crippen molar-refractivity contribution in [2.24, 2.45) is 0 Å². The van der Waals surface area contributed by atoms with Crippen LogP contribution in [0.2, 0.25) is 0 Å². The molecule has 2 aromatic heterocycles. The largest absolute Gasteiger partial charge is 0.313 e. The van der Waals surface area contributed by atoms with E-state index in [1.807, 2.05) is 18.4 Å². The Hall–Kier alpha value is -1.52. The van der Waals surface area contributed by atoms with Gasteiger partial charge in [-0.15, -0.1) is 0 Å². The third-order valence-corrected chi connectivity index (χ3v) is 2.12. The van der Waals surface area contributed by atoms with Gasteiger partial charge in [-0.25, -0.2) is 9.97 Å². The minimum atomic E-state index is -0.697. The van der Waals surface area contributed by atoms with Gasteiger partial charge in [0.15, 0.2) is 5.65 Å². The molecule has 0 spiro atoms. The van der Waals surface area contributed by atoms with E-state index < -0.39 is 6.08 Å². The molecule has 0 aliphatic carbocycles. The monoisotopic (exact) mass is 194 g/mol. The quantitative estimate of drug-likeness (QED) is 0.651. The van der Waals surface area contributed by atoms with Crippen LogP contribution in [0.3, 0.4) is 0 Å². The summed E-state index contributed by atoms with van der Waals surface area (Å²) in [4.78, 5) is 11.5. The molecule has 0 N–H and O–H groups in total. The molecule has 0 saturated heterocycles. The maximum Gasteiger partial charge on any atom is 0.310 e. The van der Waals surface area contributed by atoms with Crippen LogP contribution in [0, 0.1) is 13.0 Å². The number of hydrogen-bond acceptors (Lipinski definition) is 3. The van der Waals surface area contributed by atoms with Crippen LogP contribution in [0.25, 0.3) is 11.2 Å². The van der Waals surface area contributed by atoms with Crippen LogP contribution < -0.4 is 0 Å². The van der Waals surface area contributed by atoms with Crippen LogP contribution in [-0.2, 0) is 0 Å². The van der Waals surface area contributed by atoms with Gasteiger partial charge in [-0.1, -0.05) is 0 Å². The van der Waals surface area contributed by atoms with E-state index in [2.05, 4.69) is 15.0 Å². The lowest BCUT2D eigenvalue weighted by Gasteiger charge is -2.06. The Labute approximate surface area is 80.8 Å². The molecule has 5 heteroatoms. The number of halogens is 1. The van der Waals surface area contributed by atoms with Gasteiger partial charge in [0.05, 0.1) is 12.0 Å². The second kappa shape index (κ2) is 3.01. The van der Waals surface area contributed by atoms with E-state index in [4.69, 9.17) is 0 Å². The topological polar surface area (TPSA) is 43.6 Å². The molecule has 0 unspecified atom stereocenters. The van der Waals surface area contributed by atoms with E-state index in [1.54, 1.807) is 13.3 Å². The molecule has 0 atom stereocenters. The number of aromatic nitrogens is 4. The van der Waals surface area contributed by atoms with Crippen molar-refractivity contribution in [1.29, 1.82) is 0 Å². The maximum absolute atomic E-state index is 13.0. The normalized spacial score (nSPS) is 11.5. The minimum absolute atomic E-state index is 0.216. The third kappa shape index (κ3) is 1.25. The average Bonchev–Trinajstić information content (AvgIpc) is 2.47. The summed E-state index contributed by atoms with van der Waals surface area (Å²) in [5, 5.41) is 0. The van der Waals surface area contributed by atoms with Crippen LogP contribution in [0.15, 0.2) is 6.33 Å². The van der Waals surface area contributed by atoms with Gasteiger partial charge in [-0.05, 0) is 20.8 Å². The second-order valence-electron chi connectivity index (χ2n) is 3.50. The van der Waals surface area contributed by atoms with E-state index in [0.717, 1.165) is 0 Å². The number of aryl methyl sites for hydroxylation is 1. The Bertz CT molecular complexity index is 475. The average molecular weight is 194 g/mol. The van der Waals surface area contributed by atoms with Gasteiger partial charge in [-0.2, -0.15) is 9.37 Å². The zero-order valence-corrected chi connectivity index (χ0v) is 8.32. The molecule has 2 aromatic rings. The van der Waals surface area contributed by atoms with Gasteiger partial charge in [-0.3, -0.25) is 0 Å². The molecule has 0 aliphatic heterocycles. The minimum Gasteiger partial charge on any atom is -0.313 e. The van der Waals surface area contributed by atoms with Crippen molar-refractivity contribution in [3.05, 3.63) is 18.1 Å². The molecule has 0 radical (unpaired) electrons. The van der Waals surface area contributed by atoms with E-state index in [1.165, 1.54) is 0 Å². The molecule has 0 aromatic carbocycles. The fourth-order valence-corrected chi connectivity index (χ4v) is 1.40. The summed E-state index contributed by atoms with van der Waals surface area (Å²) in [5.41, 5.74) is 1.80. The highest BCUT2D eigenvalue weighted by Gasteiger charge is 2.11. The molecule has 0 saturated carbocycles. The number of hydrogen-bond donors (Lipinski definition) is 0. The zero-order chi connectivity index (χ0) is 10.3. The van der Waals surface area contributed by atoms with Gasteiger partial charge in [0.2, 0.25) is 0 Å². The first-order valence-electron chi connectivity index (χ1n) is 4.46. The zero-order valence-electron chi connectivity index (χ0n) is 8.32. The van der Waals surface area contributed by atoms with Crippen molar-refractivity contribution >= 4 is 11.2 Å². The fraction of sp³-hybridized carbons (Fsp3) is 0.444. The highest BCUT2D eigenvalue weighted by Crippen LogP contribution is 2.16. The van der Waals surface area contributed by atoms with E-state index >= 15 is 0 Å². The first-order chi connectivity index (χ1) is 6.59. The van der Waals surface area contributed by atoms with E-state index in [0.29, 0.717) is 16.9 Å². The lowest BCUT2D eigenvalue weighted by molar-refractivity contribution is 0.533. The Morgan fingerprint density at radius 3 is 2.71 bits per heavy atom. The van der Waals surface area contributed by atoms with Crippen LogP contribution in [0.4, 0.5) is 4.39 Å². The SMILES string of the molecule is Cc1nc(F)nc2c1ncn2C(C)C. The van der Waals surface area contributed by atoms with Gasteiger partial charge in [0, 0.05) is 6.04 Å². The van der Waals surface area contributed by atoms with Gasteiger partial charge in [0.25, 0.3) is 0 Å². The summed E-state index contributed by atoms with van der Waals surface area (Å²) < 4.78 is 14.8. The standard InChI is InChI=1S/C9H11FN4/c1-5(2)14-4-11-7-6(3)12-9(10)13-8(7)14/h4-5H,1-3H3. The molecular weight excluding hydrogens is 183 g/mol. The Kier molecular flexibility index (Phi) is 1.94. The molecule has 4 nitrogen and oxygen atoms in total. The summed E-state index contributed by atoms with van der Waals surface area (Å²) >= 11 is 0. The summed E-state index contributed by atoms with van der Waals surface area (Å²) in [5.74, 6) is 0. The molecule has 0 bridgehead atoms.